The molecule has 3 N–H and O–H groups in total. The van der Waals surface area contributed by atoms with Gasteiger partial charge in [0.15, 0.2) is 5.69 Å². The summed E-state index contributed by atoms with van der Waals surface area (Å²) in [5.74, 6) is -0.192. The minimum Gasteiger partial charge on any atom is -0.396 e. The largest absolute Gasteiger partial charge is 0.396 e. The summed E-state index contributed by atoms with van der Waals surface area (Å²) >= 11 is 0. The first-order valence-electron chi connectivity index (χ1n) is 5.96. The highest BCUT2D eigenvalue weighted by molar-refractivity contribution is 5.96. The van der Waals surface area contributed by atoms with Gasteiger partial charge in [0.05, 0.1) is 5.69 Å². The van der Waals surface area contributed by atoms with Crippen molar-refractivity contribution in [3.8, 4) is 0 Å². The van der Waals surface area contributed by atoms with Crippen molar-refractivity contribution in [1.29, 1.82) is 0 Å². The van der Waals surface area contributed by atoms with E-state index in [1.165, 1.54) is 12.8 Å². The summed E-state index contributed by atoms with van der Waals surface area (Å²) in [5.41, 5.74) is 6.42. The molecule has 94 valence electrons. The molecule has 0 aromatic carbocycles. The Morgan fingerprint density at radius 2 is 2.24 bits per heavy atom. The highest BCUT2D eigenvalue weighted by atomic mass is 16.2. The monoisotopic (exact) mass is 237 g/mol. The molecule has 2 heterocycles. The molecule has 6 nitrogen and oxygen atoms in total. The van der Waals surface area contributed by atoms with E-state index in [4.69, 9.17) is 5.73 Å². The van der Waals surface area contributed by atoms with Crippen LogP contribution in [0.3, 0.4) is 0 Å². The average molecular weight is 237 g/mol. The molecule has 0 spiro atoms. The van der Waals surface area contributed by atoms with Crippen LogP contribution in [0.1, 0.15) is 23.3 Å². The number of nitrogens with two attached hydrogens (primary N) is 1. The van der Waals surface area contributed by atoms with Crippen LogP contribution in [0.25, 0.3) is 0 Å². The third kappa shape index (κ3) is 2.97. The number of hydrogen-bond donors (Lipinski definition) is 2. The number of hydrogen-bond acceptors (Lipinski definition) is 4. The van der Waals surface area contributed by atoms with Gasteiger partial charge < -0.3 is 16.0 Å². The number of nitrogen functional groups attached to an aromatic ring is 1. The van der Waals surface area contributed by atoms with Crippen molar-refractivity contribution in [2.24, 2.45) is 7.05 Å². The van der Waals surface area contributed by atoms with E-state index in [1.807, 2.05) is 0 Å². The summed E-state index contributed by atoms with van der Waals surface area (Å²) < 4.78 is 1.55. The van der Waals surface area contributed by atoms with E-state index >= 15 is 0 Å². The number of likely N-dealkylation sites (tertiary alicyclic amines) is 1. The first-order chi connectivity index (χ1) is 8.16. The normalized spacial score (nSPS) is 16.3. The quantitative estimate of drug-likeness (QED) is 0.762. The molecule has 0 radical (unpaired) electrons. The Morgan fingerprint density at radius 3 is 2.82 bits per heavy atom. The molecule has 1 aliphatic heterocycles. The molecule has 1 aliphatic rings. The lowest BCUT2D eigenvalue weighted by atomic mass is 10.3. The summed E-state index contributed by atoms with van der Waals surface area (Å²) in [6, 6.07) is 0. The first kappa shape index (κ1) is 11.9. The smallest absolute Gasteiger partial charge is 0.273 e. The van der Waals surface area contributed by atoms with Gasteiger partial charge in [0.1, 0.15) is 0 Å². The van der Waals surface area contributed by atoms with E-state index in [2.05, 4.69) is 15.3 Å². The minimum atomic E-state index is -0.192. The Morgan fingerprint density at radius 1 is 1.53 bits per heavy atom. The standard InChI is InChI=1S/C11H19N5O/c1-15-8-9(12)10(14-15)11(17)13-4-7-16-5-2-3-6-16/h8H,2-7,12H2,1H3,(H,13,17). The van der Waals surface area contributed by atoms with E-state index in [1.54, 1.807) is 17.9 Å². The van der Waals surface area contributed by atoms with Crippen LogP contribution in [-0.4, -0.2) is 46.8 Å². The van der Waals surface area contributed by atoms with E-state index in [-0.39, 0.29) is 5.91 Å². The average Bonchev–Trinajstić information content (AvgIpc) is 2.88. The van der Waals surface area contributed by atoms with Crippen LogP contribution >= 0.6 is 0 Å². The molecule has 0 unspecified atom stereocenters. The fraction of sp³-hybridized carbons (Fsp3) is 0.636. The number of carbonyl (C=O) groups is 1. The zero-order valence-electron chi connectivity index (χ0n) is 10.1. The highest BCUT2D eigenvalue weighted by Gasteiger charge is 2.15. The van der Waals surface area contributed by atoms with Crippen molar-refractivity contribution in [2.75, 3.05) is 31.9 Å². The predicted octanol–water partition coefficient (Wildman–Crippen LogP) is -0.172. The van der Waals surface area contributed by atoms with Gasteiger partial charge in [-0.3, -0.25) is 9.48 Å². The third-order valence-corrected chi connectivity index (χ3v) is 2.98. The Kier molecular flexibility index (Phi) is 3.63. The SMILES string of the molecule is Cn1cc(N)c(C(=O)NCCN2CCCC2)n1. The zero-order valence-corrected chi connectivity index (χ0v) is 10.1. The van der Waals surface area contributed by atoms with Gasteiger partial charge in [0, 0.05) is 26.3 Å². The number of anilines is 1. The number of amides is 1. The molecule has 1 fully saturated rings. The molecule has 0 bridgehead atoms. The molecule has 0 aliphatic carbocycles. The summed E-state index contributed by atoms with van der Waals surface area (Å²) in [4.78, 5) is 14.1. The molecule has 17 heavy (non-hydrogen) atoms. The number of aryl methyl sites for hydroxylation is 1. The zero-order chi connectivity index (χ0) is 12.3. The molecule has 1 saturated heterocycles. The Labute approximate surface area is 101 Å². The van der Waals surface area contributed by atoms with Crippen LogP contribution in [0.2, 0.25) is 0 Å². The molecule has 2 rings (SSSR count). The van der Waals surface area contributed by atoms with Crippen LogP contribution in [0.15, 0.2) is 6.20 Å². The van der Waals surface area contributed by atoms with Gasteiger partial charge >= 0.3 is 0 Å². The second-order valence-corrected chi connectivity index (χ2v) is 4.41. The Hall–Kier alpha value is -1.56. The number of nitrogens with one attached hydrogen (secondary N) is 1. The molecular formula is C11H19N5O. The van der Waals surface area contributed by atoms with Gasteiger partial charge in [0.25, 0.3) is 5.91 Å². The summed E-state index contributed by atoms with van der Waals surface area (Å²) in [5, 5.41) is 6.87. The van der Waals surface area contributed by atoms with E-state index in [0.717, 1.165) is 19.6 Å². The lowest BCUT2D eigenvalue weighted by Crippen LogP contribution is -2.34. The van der Waals surface area contributed by atoms with Crippen molar-refractivity contribution in [3.05, 3.63) is 11.9 Å². The van der Waals surface area contributed by atoms with Gasteiger partial charge in [-0.2, -0.15) is 5.10 Å². The second kappa shape index (κ2) is 5.18. The number of nitrogens with zero attached hydrogens (tertiary/aromatic N) is 3. The van der Waals surface area contributed by atoms with Crippen LogP contribution in [0, 0.1) is 0 Å². The molecule has 0 atom stereocenters. The lowest BCUT2D eigenvalue weighted by molar-refractivity contribution is 0.0945. The van der Waals surface area contributed by atoms with E-state index in [0.29, 0.717) is 17.9 Å². The second-order valence-electron chi connectivity index (χ2n) is 4.41. The van der Waals surface area contributed by atoms with Gasteiger partial charge in [-0.05, 0) is 25.9 Å². The van der Waals surface area contributed by atoms with Crippen molar-refractivity contribution < 1.29 is 4.79 Å². The minimum absolute atomic E-state index is 0.192. The fourth-order valence-electron chi connectivity index (χ4n) is 2.10. The van der Waals surface area contributed by atoms with Gasteiger partial charge in [-0.25, -0.2) is 0 Å². The summed E-state index contributed by atoms with van der Waals surface area (Å²) in [6.07, 6.45) is 4.16. The topological polar surface area (TPSA) is 76.2 Å². The molecule has 1 amide bonds. The van der Waals surface area contributed by atoms with Crippen molar-refractivity contribution in [3.63, 3.8) is 0 Å². The summed E-state index contributed by atoms with van der Waals surface area (Å²) in [7, 11) is 1.75. The van der Waals surface area contributed by atoms with Crippen LogP contribution in [0.5, 0.6) is 0 Å². The van der Waals surface area contributed by atoms with Gasteiger partial charge in [-0.1, -0.05) is 0 Å². The highest BCUT2D eigenvalue weighted by Crippen LogP contribution is 2.08. The van der Waals surface area contributed by atoms with Crippen molar-refractivity contribution in [1.82, 2.24) is 20.0 Å². The molecule has 1 aromatic rings. The molecule has 1 aromatic heterocycles. The Bertz CT molecular complexity index is 395. The number of rotatable bonds is 4. The van der Waals surface area contributed by atoms with E-state index < -0.39 is 0 Å². The van der Waals surface area contributed by atoms with Gasteiger partial charge in [-0.15, -0.1) is 0 Å². The van der Waals surface area contributed by atoms with E-state index in [9.17, 15) is 4.79 Å². The van der Waals surface area contributed by atoms with Crippen LogP contribution in [0.4, 0.5) is 5.69 Å². The van der Waals surface area contributed by atoms with Crippen LogP contribution in [-0.2, 0) is 7.05 Å². The van der Waals surface area contributed by atoms with Crippen molar-refractivity contribution >= 4 is 11.6 Å². The van der Waals surface area contributed by atoms with Gasteiger partial charge in [0.2, 0.25) is 0 Å². The summed E-state index contributed by atoms with van der Waals surface area (Å²) in [6.45, 7) is 3.83. The fourth-order valence-corrected chi connectivity index (χ4v) is 2.10. The molecular weight excluding hydrogens is 218 g/mol. The predicted molar refractivity (Wildman–Crippen MR) is 65.6 cm³/mol. The maximum absolute atomic E-state index is 11.8. The maximum atomic E-state index is 11.8. The third-order valence-electron chi connectivity index (χ3n) is 2.98. The molecule has 0 saturated carbocycles. The Balaban J connectivity index is 1.78. The maximum Gasteiger partial charge on any atom is 0.273 e. The van der Waals surface area contributed by atoms with Crippen LogP contribution < -0.4 is 11.1 Å². The number of aromatic nitrogens is 2. The lowest BCUT2D eigenvalue weighted by Gasteiger charge is -2.14. The first-order valence-corrected chi connectivity index (χ1v) is 5.96. The van der Waals surface area contributed by atoms with Crippen molar-refractivity contribution in [2.45, 2.75) is 12.8 Å². The molecule has 6 heteroatoms. The number of carbonyl (C=O) groups excluding carboxylic acids is 1.